The van der Waals surface area contributed by atoms with Crippen LogP contribution in [0.5, 0.6) is 5.75 Å². The van der Waals surface area contributed by atoms with Crippen molar-refractivity contribution >= 4 is 29.1 Å². The van der Waals surface area contributed by atoms with Gasteiger partial charge < -0.3 is 4.74 Å². The molecule has 0 bridgehead atoms. The van der Waals surface area contributed by atoms with Crippen molar-refractivity contribution in [2.75, 3.05) is 5.01 Å². The molecule has 130 valence electrons. The van der Waals surface area contributed by atoms with Gasteiger partial charge in [-0.25, -0.2) is 9.69 Å². The van der Waals surface area contributed by atoms with Crippen LogP contribution in [0.2, 0.25) is 0 Å². The third kappa shape index (κ3) is 3.25. The number of Topliss-reactive ketones (excluding diaryl/α,β-unsaturated/α-hetero) is 1. The average Bonchev–Trinajstić information content (AvgIpc) is 3.01. The van der Waals surface area contributed by atoms with Crippen LogP contribution >= 0.6 is 11.8 Å². The van der Waals surface area contributed by atoms with E-state index in [1.807, 2.05) is 0 Å². The summed E-state index contributed by atoms with van der Waals surface area (Å²) in [7, 11) is 0. The number of hydrogen-bond acceptors (Lipinski definition) is 6. The normalized spacial score (nSPS) is 13.9. The third-order valence-corrected chi connectivity index (χ3v) is 4.44. The number of carbonyl (C=O) groups is 2. The van der Waals surface area contributed by atoms with Gasteiger partial charge in [-0.15, -0.1) is 10.2 Å². The highest BCUT2D eigenvalue weighted by Crippen LogP contribution is 2.39. The summed E-state index contributed by atoms with van der Waals surface area (Å²) in [6, 6.07) is 5.69. The van der Waals surface area contributed by atoms with E-state index in [9.17, 15) is 18.4 Å². The van der Waals surface area contributed by atoms with E-state index in [0.29, 0.717) is 21.3 Å². The summed E-state index contributed by atoms with van der Waals surface area (Å²) < 4.78 is 30.3. The standard InChI is InChI=1S/C15H12F2N4O3S/c1-8(22)13-12(10-3-5-11(6-4-10)24-14(16)17)21(9(2)23)20-7-18-19-15(20)25-13/h3-7,14H,1-2H3. The molecule has 1 aromatic heterocycles. The highest BCUT2D eigenvalue weighted by atomic mass is 32.2. The van der Waals surface area contributed by atoms with Crippen molar-refractivity contribution in [2.24, 2.45) is 0 Å². The Balaban J connectivity index is 2.11. The summed E-state index contributed by atoms with van der Waals surface area (Å²) in [5, 5.41) is 9.30. The quantitative estimate of drug-likeness (QED) is 0.827. The van der Waals surface area contributed by atoms with Crippen molar-refractivity contribution in [3.05, 3.63) is 41.1 Å². The lowest BCUT2D eigenvalue weighted by Gasteiger charge is -2.31. The van der Waals surface area contributed by atoms with E-state index in [1.165, 1.54) is 54.1 Å². The third-order valence-electron chi connectivity index (χ3n) is 3.31. The first-order valence-electron chi connectivity index (χ1n) is 7.07. The van der Waals surface area contributed by atoms with Crippen LogP contribution in [-0.2, 0) is 9.59 Å². The molecule has 0 N–H and O–H groups in total. The van der Waals surface area contributed by atoms with Gasteiger partial charge in [0.15, 0.2) is 5.78 Å². The zero-order valence-electron chi connectivity index (χ0n) is 13.1. The molecule has 0 radical (unpaired) electrons. The van der Waals surface area contributed by atoms with Crippen LogP contribution in [0.3, 0.4) is 0 Å². The first kappa shape index (κ1) is 17.1. The molecule has 25 heavy (non-hydrogen) atoms. The number of ketones is 1. The van der Waals surface area contributed by atoms with Gasteiger partial charge in [-0.3, -0.25) is 9.59 Å². The molecule has 2 heterocycles. The maximum Gasteiger partial charge on any atom is 0.387 e. The molecular formula is C15H12F2N4O3S. The molecule has 1 amide bonds. The van der Waals surface area contributed by atoms with Gasteiger partial charge in [-0.05, 0) is 43.0 Å². The predicted molar refractivity (Wildman–Crippen MR) is 85.5 cm³/mol. The number of allylic oxidation sites excluding steroid dienone is 1. The van der Waals surface area contributed by atoms with E-state index in [1.54, 1.807) is 0 Å². The minimum Gasteiger partial charge on any atom is -0.435 e. The van der Waals surface area contributed by atoms with Crippen LogP contribution in [0.4, 0.5) is 8.78 Å². The molecule has 0 atom stereocenters. The van der Waals surface area contributed by atoms with Gasteiger partial charge in [0.2, 0.25) is 11.1 Å². The van der Waals surface area contributed by atoms with Gasteiger partial charge in [-0.1, -0.05) is 0 Å². The number of carbonyl (C=O) groups excluding carboxylic acids is 2. The topological polar surface area (TPSA) is 77.3 Å². The molecule has 0 saturated carbocycles. The number of benzene rings is 1. The molecular weight excluding hydrogens is 354 g/mol. The molecule has 0 aliphatic carbocycles. The molecule has 1 aliphatic heterocycles. The van der Waals surface area contributed by atoms with E-state index in [4.69, 9.17) is 0 Å². The summed E-state index contributed by atoms with van der Waals surface area (Å²) >= 11 is 1.09. The Morgan fingerprint density at radius 2 is 1.88 bits per heavy atom. The van der Waals surface area contributed by atoms with Gasteiger partial charge in [0.25, 0.3) is 0 Å². The fourth-order valence-corrected chi connectivity index (χ4v) is 3.30. The second-order valence-corrected chi connectivity index (χ2v) is 6.01. The van der Waals surface area contributed by atoms with Crippen LogP contribution in [0.25, 0.3) is 5.70 Å². The van der Waals surface area contributed by atoms with Crippen LogP contribution < -0.4 is 9.75 Å². The van der Waals surface area contributed by atoms with Crippen molar-refractivity contribution in [3.8, 4) is 5.75 Å². The maximum atomic E-state index is 12.3. The van der Waals surface area contributed by atoms with Gasteiger partial charge in [0.05, 0.1) is 10.6 Å². The zero-order valence-corrected chi connectivity index (χ0v) is 14.0. The second-order valence-electron chi connectivity index (χ2n) is 5.03. The molecule has 1 aliphatic rings. The molecule has 0 unspecified atom stereocenters. The SMILES string of the molecule is CC(=O)C1=C(c2ccc(OC(F)F)cc2)N(C(C)=O)n2cnnc2S1. The number of thioether (sulfide) groups is 1. The first-order valence-corrected chi connectivity index (χ1v) is 7.89. The summed E-state index contributed by atoms with van der Waals surface area (Å²) in [4.78, 5) is 24.6. The molecule has 0 spiro atoms. The highest BCUT2D eigenvalue weighted by Gasteiger charge is 2.32. The summed E-state index contributed by atoms with van der Waals surface area (Å²) in [5.41, 5.74) is 0.828. The fraction of sp³-hybridized carbons (Fsp3) is 0.200. The van der Waals surface area contributed by atoms with E-state index < -0.39 is 6.61 Å². The van der Waals surface area contributed by atoms with Crippen LogP contribution in [0.1, 0.15) is 19.4 Å². The molecule has 7 nitrogen and oxygen atoms in total. The van der Waals surface area contributed by atoms with E-state index in [-0.39, 0.29) is 17.4 Å². The van der Waals surface area contributed by atoms with E-state index in [0.717, 1.165) is 11.8 Å². The number of halogens is 2. The Morgan fingerprint density at radius 1 is 1.20 bits per heavy atom. The second kappa shape index (κ2) is 6.63. The smallest absolute Gasteiger partial charge is 0.387 e. The molecule has 0 fully saturated rings. The van der Waals surface area contributed by atoms with Gasteiger partial charge >= 0.3 is 6.61 Å². The number of rotatable bonds is 4. The Morgan fingerprint density at radius 3 is 2.44 bits per heavy atom. The number of aromatic nitrogens is 3. The Kier molecular flexibility index (Phi) is 4.53. The minimum atomic E-state index is -2.93. The van der Waals surface area contributed by atoms with Crippen LogP contribution in [0, 0.1) is 0 Å². The predicted octanol–water partition coefficient (Wildman–Crippen LogP) is 2.43. The van der Waals surface area contributed by atoms with E-state index in [2.05, 4.69) is 14.9 Å². The molecule has 3 rings (SSSR count). The first-order chi connectivity index (χ1) is 11.9. The Bertz CT molecular complexity index is 864. The largest absolute Gasteiger partial charge is 0.435 e. The zero-order chi connectivity index (χ0) is 18.1. The number of alkyl halides is 2. The van der Waals surface area contributed by atoms with Crippen molar-refractivity contribution in [1.82, 2.24) is 14.9 Å². The van der Waals surface area contributed by atoms with Crippen LogP contribution in [0.15, 0.2) is 40.7 Å². The Hall–Kier alpha value is -2.75. The number of ether oxygens (including phenoxy) is 1. The molecule has 10 heteroatoms. The summed E-state index contributed by atoms with van der Waals surface area (Å²) in [6.07, 6.45) is 1.36. The monoisotopic (exact) mass is 366 g/mol. The molecule has 0 saturated heterocycles. The van der Waals surface area contributed by atoms with Crippen molar-refractivity contribution < 1.29 is 23.1 Å². The average molecular weight is 366 g/mol. The van der Waals surface area contributed by atoms with Crippen molar-refractivity contribution in [3.63, 3.8) is 0 Å². The van der Waals surface area contributed by atoms with Gasteiger partial charge in [0, 0.05) is 12.5 Å². The molecule has 2 aromatic rings. The lowest BCUT2D eigenvalue weighted by atomic mass is 10.1. The lowest BCUT2D eigenvalue weighted by Crippen LogP contribution is -2.40. The number of fused-ring (bicyclic) bond motifs is 1. The van der Waals surface area contributed by atoms with Gasteiger partial charge in [0.1, 0.15) is 12.1 Å². The highest BCUT2D eigenvalue weighted by molar-refractivity contribution is 8.04. The van der Waals surface area contributed by atoms with Gasteiger partial charge in [-0.2, -0.15) is 8.78 Å². The number of amides is 1. The van der Waals surface area contributed by atoms with Crippen LogP contribution in [-0.4, -0.2) is 33.2 Å². The number of hydrogen-bond donors (Lipinski definition) is 0. The summed E-state index contributed by atoms with van der Waals surface area (Å²) in [5.74, 6) is -0.636. The number of nitrogens with zero attached hydrogens (tertiary/aromatic N) is 4. The molecule has 1 aromatic carbocycles. The summed E-state index contributed by atoms with van der Waals surface area (Å²) in [6.45, 7) is -0.219. The van der Waals surface area contributed by atoms with Crippen molar-refractivity contribution in [1.29, 1.82) is 0 Å². The lowest BCUT2D eigenvalue weighted by molar-refractivity contribution is -0.117. The van der Waals surface area contributed by atoms with Crippen molar-refractivity contribution in [2.45, 2.75) is 25.6 Å². The maximum absolute atomic E-state index is 12.3. The Labute approximate surface area is 145 Å². The minimum absolute atomic E-state index is 0.0217. The fourth-order valence-electron chi connectivity index (χ4n) is 2.36. The van der Waals surface area contributed by atoms with E-state index >= 15 is 0 Å².